The van der Waals surface area contributed by atoms with Gasteiger partial charge >= 0.3 is 6.03 Å². The molecule has 0 radical (unpaired) electrons. The second-order valence-electron chi connectivity index (χ2n) is 6.05. The van der Waals surface area contributed by atoms with E-state index in [1.807, 2.05) is 6.92 Å². The van der Waals surface area contributed by atoms with Gasteiger partial charge in [0, 0.05) is 32.2 Å². The quantitative estimate of drug-likeness (QED) is 0.710. The second-order valence-corrected chi connectivity index (χ2v) is 8.09. The fourth-order valence-electron chi connectivity index (χ4n) is 2.64. The lowest BCUT2D eigenvalue weighted by Gasteiger charge is -2.26. The summed E-state index contributed by atoms with van der Waals surface area (Å²) < 4.78 is 30.1. The van der Waals surface area contributed by atoms with Gasteiger partial charge in [0.15, 0.2) is 9.84 Å². The van der Waals surface area contributed by atoms with Crippen LogP contribution in [0.1, 0.15) is 13.3 Å². The minimum Gasteiger partial charge on any atom is -0.379 e. The molecular formula is C17H27N3O4S. The first-order valence-electron chi connectivity index (χ1n) is 8.63. The average Bonchev–Trinajstić information content (AvgIpc) is 2.62. The topological polar surface area (TPSA) is 87.7 Å². The summed E-state index contributed by atoms with van der Waals surface area (Å²) in [4.78, 5) is 14.5. The molecule has 7 nitrogen and oxygen atoms in total. The Kier molecular flexibility index (Phi) is 7.67. The van der Waals surface area contributed by atoms with E-state index in [1.165, 1.54) is 0 Å². The first-order valence-corrected chi connectivity index (χ1v) is 10.3. The Hall–Kier alpha value is -1.64. The van der Waals surface area contributed by atoms with Crippen LogP contribution in [-0.2, 0) is 14.6 Å². The van der Waals surface area contributed by atoms with Crippen LogP contribution in [-0.4, -0.2) is 70.5 Å². The number of amides is 2. The van der Waals surface area contributed by atoms with Gasteiger partial charge in [-0.05, 0) is 18.6 Å². The molecule has 1 heterocycles. The van der Waals surface area contributed by atoms with E-state index in [9.17, 15) is 13.2 Å². The Labute approximate surface area is 149 Å². The predicted octanol–water partition coefficient (Wildman–Crippen LogP) is 0.870. The number of hydrogen-bond donors (Lipinski definition) is 2. The highest BCUT2D eigenvalue weighted by Crippen LogP contribution is 2.12. The Morgan fingerprint density at radius 3 is 2.56 bits per heavy atom. The lowest BCUT2D eigenvalue weighted by Crippen LogP contribution is -2.47. The lowest BCUT2D eigenvalue weighted by atomic mass is 10.3. The molecule has 1 atom stereocenters. The summed E-state index contributed by atoms with van der Waals surface area (Å²) >= 11 is 0. The van der Waals surface area contributed by atoms with Gasteiger partial charge in [-0.1, -0.05) is 25.1 Å². The molecule has 0 spiro atoms. The van der Waals surface area contributed by atoms with Gasteiger partial charge in [0.2, 0.25) is 0 Å². The monoisotopic (exact) mass is 369 g/mol. The van der Waals surface area contributed by atoms with Crippen molar-refractivity contribution in [2.45, 2.75) is 24.3 Å². The summed E-state index contributed by atoms with van der Waals surface area (Å²) in [5.74, 6) is -0.107. The predicted molar refractivity (Wildman–Crippen MR) is 96.4 cm³/mol. The number of rotatable bonds is 8. The van der Waals surface area contributed by atoms with Crippen LogP contribution >= 0.6 is 0 Å². The standard InChI is InChI=1S/C17H27N3O4S/c1-2-15(14-25(22,23)16-6-4-3-5-7-16)19-17(21)18-8-9-20-10-12-24-13-11-20/h3-7,15H,2,8-14H2,1H3,(H2,18,19,21). The number of benzene rings is 1. The molecule has 2 rings (SSSR count). The molecule has 0 aliphatic carbocycles. The SMILES string of the molecule is CCC(CS(=O)(=O)c1ccccc1)NC(=O)NCCN1CCOCC1. The Balaban J connectivity index is 1.77. The number of carbonyl (C=O) groups is 1. The zero-order chi connectivity index (χ0) is 18.1. The average molecular weight is 369 g/mol. The highest BCUT2D eigenvalue weighted by molar-refractivity contribution is 7.91. The van der Waals surface area contributed by atoms with Crippen molar-refractivity contribution in [3.63, 3.8) is 0 Å². The minimum absolute atomic E-state index is 0.107. The molecule has 1 aliphatic rings. The summed E-state index contributed by atoms with van der Waals surface area (Å²) in [6.07, 6.45) is 0.545. The number of sulfone groups is 1. The third-order valence-electron chi connectivity index (χ3n) is 4.17. The number of morpholine rings is 1. The fraction of sp³-hybridized carbons (Fsp3) is 0.588. The maximum atomic E-state index is 12.4. The summed E-state index contributed by atoms with van der Waals surface area (Å²) in [5.41, 5.74) is 0. The van der Waals surface area contributed by atoms with Crippen LogP contribution in [0.3, 0.4) is 0 Å². The summed E-state index contributed by atoms with van der Waals surface area (Å²) in [6, 6.07) is 7.56. The van der Waals surface area contributed by atoms with E-state index < -0.39 is 15.9 Å². The molecule has 140 valence electrons. The molecule has 1 aromatic carbocycles. The normalized spacial score (nSPS) is 17.0. The summed E-state index contributed by atoms with van der Waals surface area (Å²) in [5, 5.41) is 5.55. The van der Waals surface area contributed by atoms with Crippen molar-refractivity contribution < 1.29 is 17.9 Å². The largest absolute Gasteiger partial charge is 0.379 e. The molecule has 25 heavy (non-hydrogen) atoms. The minimum atomic E-state index is -3.42. The number of urea groups is 1. The molecule has 1 aliphatic heterocycles. The van der Waals surface area contributed by atoms with Gasteiger partial charge in [-0.15, -0.1) is 0 Å². The molecule has 1 saturated heterocycles. The van der Waals surface area contributed by atoms with E-state index in [4.69, 9.17) is 4.74 Å². The van der Waals surface area contributed by atoms with E-state index in [1.54, 1.807) is 30.3 Å². The highest BCUT2D eigenvalue weighted by atomic mass is 32.2. The van der Waals surface area contributed by atoms with Crippen LogP contribution in [0.15, 0.2) is 35.2 Å². The maximum absolute atomic E-state index is 12.4. The molecule has 1 unspecified atom stereocenters. The molecule has 0 aromatic heterocycles. The van der Waals surface area contributed by atoms with Crippen LogP contribution in [0.5, 0.6) is 0 Å². The van der Waals surface area contributed by atoms with E-state index in [2.05, 4.69) is 15.5 Å². The zero-order valence-electron chi connectivity index (χ0n) is 14.6. The highest BCUT2D eigenvalue weighted by Gasteiger charge is 2.21. The van der Waals surface area contributed by atoms with Crippen molar-refractivity contribution in [3.8, 4) is 0 Å². The third-order valence-corrected chi connectivity index (χ3v) is 6.00. The molecule has 2 N–H and O–H groups in total. The van der Waals surface area contributed by atoms with Gasteiger partial charge in [-0.25, -0.2) is 13.2 Å². The Morgan fingerprint density at radius 2 is 1.92 bits per heavy atom. The summed E-state index contributed by atoms with van der Waals surface area (Å²) in [7, 11) is -3.42. The second kappa shape index (κ2) is 9.74. The molecular weight excluding hydrogens is 342 g/mol. The maximum Gasteiger partial charge on any atom is 0.315 e. The van der Waals surface area contributed by atoms with Gasteiger partial charge in [0.05, 0.1) is 23.9 Å². The number of carbonyl (C=O) groups excluding carboxylic acids is 1. The molecule has 0 saturated carbocycles. The van der Waals surface area contributed by atoms with E-state index >= 15 is 0 Å². The van der Waals surface area contributed by atoms with Gasteiger partial charge < -0.3 is 15.4 Å². The van der Waals surface area contributed by atoms with Gasteiger partial charge in [0.1, 0.15) is 0 Å². The van der Waals surface area contributed by atoms with Crippen molar-refractivity contribution in [1.29, 1.82) is 0 Å². The van der Waals surface area contributed by atoms with E-state index in [0.717, 1.165) is 32.8 Å². The van der Waals surface area contributed by atoms with Gasteiger partial charge in [0.25, 0.3) is 0 Å². The molecule has 1 aromatic rings. The molecule has 0 bridgehead atoms. The fourth-order valence-corrected chi connectivity index (χ4v) is 4.25. The van der Waals surface area contributed by atoms with Crippen molar-refractivity contribution in [1.82, 2.24) is 15.5 Å². The van der Waals surface area contributed by atoms with Gasteiger partial charge in [-0.3, -0.25) is 4.90 Å². The Bertz CT molecular complexity index is 631. The summed E-state index contributed by atoms with van der Waals surface area (Å²) in [6.45, 7) is 6.33. The zero-order valence-corrected chi connectivity index (χ0v) is 15.4. The number of ether oxygens (including phenoxy) is 1. The van der Waals surface area contributed by atoms with Crippen LogP contribution in [0.2, 0.25) is 0 Å². The van der Waals surface area contributed by atoms with Crippen molar-refractivity contribution in [2.24, 2.45) is 0 Å². The third kappa shape index (κ3) is 6.64. The van der Waals surface area contributed by atoms with Crippen LogP contribution in [0.4, 0.5) is 4.79 Å². The molecule has 1 fully saturated rings. The first kappa shape index (κ1) is 19.7. The van der Waals surface area contributed by atoms with Crippen molar-refractivity contribution in [3.05, 3.63) is 30.3 Å². The van der Waals surface area contributed by atoms with Crippen molar-refractivity contribution in [2.75, 3.05) is 45.1 Å². The van der Waals surface area contributed by atoms with Crippen LogP contribution in [0.25, 0.3) is 0 Å². The van der Waals surface area contributed by atoms with Crippen molar-refractivity contribution >= 4 is 15.9 Å². The van der Waals surface area contributed by atoms with Crippen LogP contribution < -0.4 is 10.6 Å². The lowest BCUT2D eigenvalue weighted by molar-refractivity contribution is 0.0387. The molecule has 8 heteroatoms. The van der Waals surface area contributed by atoms with E-state index in [0.29, 0.717) is 13.0 Å². The van der Waals surface area contributed by atoms with Crippen LogP contribution in [0, 0.1) is 0 Å². The smallest absolute Gasteiger partial charge is 0.315 e. The number of hydrogen-bond acceptors (Lipinski definition) is 5. The Morgan fingerprint density at radius 1 is 1.24 bits per heavy atom. The number of nitrogens with one attached hydrogen (secondary N) is 2. The van der Waals surface area contributed by atoms with Gasteiger partial charge in [-0.2, -0.15) is 0 Å². The number of nitrogens with zero attached hydrogens (tertiary/aromatic N) is 1. The molecule has 2 amide bonds. The van der Waals surface area contributed by atoms with E-state index in [-0.39, 0.29) is 16.7 Å². The first-order chi connectivity index (χ1) is 12.0.